The molecule has 1 fully saturated rings. The molecule has 1 unspecified atom stereocenters. The van der Waals surface area contributed by atoms with E-state index in [0.29, 0.717) is 24.0 Å². The Morgan fingerprint density at radius 3 is 2.27 bits per heavy atom. The molecule has 0 aliphatic heterocycles. The molecule has 8 heteroatoms. The number of hydrogen-bond donors (Lipinski definition) is 0. The Bertz CT molecular complexity index is 1290. The van der Waals surface area contributed by atoms with Gasteiger partial charge in [-0.15, -0.1) is 0 Å². The predicted molar refractivity (Wildman–Crippen MR) is 160 cm³/mol. The first-order valence-electron chi connectivity index (χ1n) is 14.8. The van der Waals surface area contributed by atoms with Crippen LogP contribution in [0.2, 0.25) is 18.1 Å². The molecular weight excluding hydrogens is 543 g/mol. The highest BCUT2D eigenvalue weighted by Gasteiger charge is 2.46. The van der Waals surface area contributed by atoms with Crippen molar-refractivity contribution in [1.82, 2.24) is 4.98 Å². The second-order valence-corrected chi connectivity index (χ2v) is 19.1. The molecular formula is C33H46F3NO3Si. The highest BCUT2D eigenvalue weighted by molar-refractivity contribution is 6.74. The van der Waals surface area contributed by atoms with Gasteiger partial charge in [0.25, 0.3) is 0 Å². The zero-order chi connectivity index (χ0) is 30.5. The van der Waals surface area contributed by atoms with Crippen molar-refractivity contribution in [2.24, 2.45) is 5.41 Å². The molecule has 0 radical (unpaired) electrons. The lowest BCUT2D eigenvalue weighted by atomic mass is 9.70. The van der Waals surface area contributed by atoms with Gasteiger partial charge in [0.2, 0.25) is 0 Å². The van der Waals surface area contributed by atoms with Crippen molar-refractivity contribution >= 4 is 14.6 Å². The van der Waals surface area contributed by atoms with Crippen LogP contribution in [0.5, 0.6) is 0 Å². The molecule has 1 heterocycles. The number of methoxy groups -OCH3 is 1. The highest BCUT2D eigenvalue weighted by atomic mass is 28.4. The zero-order valence-corrected chi connectivity index (χ0v) is 27.1. The van der Waals surface area contributed by atoms with Gasteiger partial charge in [0.1, 0.15) is 6.29 Å². The van der Waals surface area contributed by atoms with Gasteiger partial charge < -0.3 is 9.16 Å². The van der Waals surface area contributed by atoms with E-state index in [2.05, 4.69) is 47.7 Å². The van der Waals surface area contributed by atoms with Gasteiger partial charge in [-0.1, -0.05) is 53.5 Å². The largest absolute Gasteiger partial charge is 0.417 e. The Hall–Kier alpha value is -2.03. The fraction of sp³-hybridized carbons (Fsp3) is 0.636. The summed E-state index contributed by atoms with van der Waals surface area (Å²) in [6.07, 6.45) is 0.517. The van der Waals surface area contributed by atoms with Crippen LogP contribution < -0.4 is 0 Å². The van der Waals surface area contributed by atoms with E-state index in [1.807, 2.05) is 6.92 Å². The molecule has 226 valence electrons. The number of fused-ring (bicyclic) bond motifs is 1. The average Bonchev–Trinajstić information content (AvgIpc) is 3.39. The van der Waals surface area contributed by atoms with E-state index in [1.165, 1.54) is 12.1 Å². The fourth-order valence-electron chi connectivity index (χ4n) is 6.36. The molecule has 2 aliphatic carbocycles. The van der Waals surface area contributed by atoms with E-state index in [0.717, 1.165) is 55.0 Å². The van der Waals surface area contributed by atoms with Crippen molar-refractivity contribution in [3.63, 3.8) is 0 Å². The molecule has 0 saturated heterocycles. The molecule has 1 aromatic heterocycles. The number of halogens is 3. The molecule has 4 nitrogen and oxygen atoms in total. The number of aldehydes is 1. The molecule has 41 heavy (non-hydrogen) atoms. The summed E-state index contributed by atoms with van der Waals surface area (Å²) in [5, 5.41) is -0.0369. The van der Waals surface area contributed by atoms with Crippen LogP contribution in [0.25, 0.3) is 11.1 Å². The van der Waals surface area contributed by atoms with Gasteiger partial charge in [0.15, 0.2) is 8.32 Å². The summed E-state index contributed by atoms with van der Waals surface area (Å²) < 4.78 is 56.7. The number of alkyl halides is 3. The van der Waals surface area contributed by atoms with Crippen LogP contribution in [-0.4, -0.2) is 26.7 Å². The number of nitrogens with zero attached hydrogens (tertiary/aromatic N) is 1. The Morgan fingerprint density at radius 2 is 1.73 bits per heavy atom. The van der Waals surface area contributed by atoms with Crippen LogP contribution >= 0.6 is 0 Å². The predicted octanol–water partition coefficient (Wildman–Crippen LogP) is 9.98. The zero-order valence-electron chi connectivity index (χ0n) is 26.1. The second kappa shape index (κ2) is 11.2. The first-order valence-corrected chi connectivity index (χ1v) is 17.7. The quantitative estimate of drug-likeness (QED) is 0.238. The maximum atomic E-state index is 14.6. The van der Waals surface area contributed by atoms with E-state index in [4.69, 9.17) is 14.1 Å². The third-order valence-corrected chi connectivity index (χ3v) is 14.1. The summed E-state index contributed by atoms with van der Waals surface area (Å²) in [6, 6.07) is 3.66. The molecule has 2 aliphatic rings. The number of hydrogen-bond acceptors (Lipinski definition) is 4. The van der Waals surface area contributed by atoms with Crippen molar-refractivity contribution < 1.29 is 27.1 Å². The van der Waals surface area contributed by atoms with Crippen LogP contribution in [0.1, 0.15) is 130 Å². The van der Waals surface area contributed by atoms with Crippen molar-refractivity contribution in [1.29, 1.82) is 0 Å². The molecule has 0 amide bonds. The summed E-state index contributed by atoms with van der Waals surface area (Å²) in [4.78, 5) is 17.0. The van der Waals surface area contributed by atoms with Gasteiger partial charge in [-0.3, -0.25) is 9.78 Å². The molecule has 4 rings (SSSR count). The summed E-state index contributed by atoms with van der Waals surface area (Å²) in [6.45, 7) is 17.4. The minimum absolute atomic E-state index is 0.00844. The molecule has 0 bridgehead atoms. The van der Waals surface area contributed by atoms with Gasteiger partial charge in [0, 0.05) is 29.5 Å². The molecule has 2 aromatic rings. The normalized spacial score (nSPS) is 20.6. The number of ether oxygens (including phenoxy) is 1. The number of rotatable bonds is 7. The van der Waals surface area contributed by atoms with E-state index >= 15 is 0 Å². The number of aromatic nitrogens is 1. The summed E-state index contributed by atoms with van der Waals surface area (Å²) in [7, 11) is -0.699. The molecule has 1 saturated carbocycles. The van der Waals surface area contributed by atoms with Crippen LogP contribution in [0.15, 0.2) is 18.2 Å². The third-order valence-electron chi connectivity index (χ3n) is 9.59. The molecule has 2 atom stereocenters. The molecule has 0 N–H and O–H groups in total. The van der Waals surface area contributed by atoms with E-state index < -0.39 is 26.2 Å². The van der Waals surface area contributed by atoms with Crippen LogP contribution in [0, 0.1) is 5.41 Å². The van der Waals surface area contributed by atoms with Crippen LogP contribution in [-0.2, 0) is 21.8 Å². The summed E-state index contributed by atoms with van der Waals surface area (Å²) in [5.74, 6) is 0.0808. The first-order chi connectivity index (χ1) is 18.9. The Kier molecular flexibility index (Phi) is 8.74. The van der Waals surface area contributed by atoms with E-state index in [1.54, 1.807) is 7.11 Å². The maximum absolute atomic E-state index is 14.6. The number of benzene rings is 1. The first kappa shape index (κ1) is 31.9. The SMILES string of the molecule is COC(C)c1nc2c(c(C3CCCC3)c1-c1cc(C=O)ccc1C(F)(F)F)[C@@H](O[Si](C)(C)C(C)(C)C)CC(C)(C)C2. The third kappa shape index (κ3) is 6.35. The summed E-state index contributed by atoms with van der Waals surface area (Å²) >= 11 is 0. The van der Waals surface area contributed by atoms with Crippen molar-refractivity contribution in [3.8, 4) is 11.1 Å². The summed E-state index contributed by atoms with van der Waals surface area (Å²) in [5.41, 5.74) is 3.16. The number of pyridine rings is 1. The lowest BCUT2D eigenvalue weighted by Crippen LogP contribution is -2.44. The molecule has 0 spiro atoms. The van der Waals surface area contributed by atoms with Gasteiger partial charge in [-0.05, 0) is 85.3 Å². The Morgan fingerprint density at radius 1 is 1.10 bits per heavy atom. The van der Waals surface area contributed by atoms with Gasteiger partial charge in [0.05, 0.1) is 23.5 Å². The minimum atomic E-state index is -4.60. The second-order valence-electron chi connectivity index (χ2n) is 14.3. The Labute approximate surface area is 244 Å². The van der Waals surface area contributed by atoms with E-state index in [9.17, 15) is 18.0 Å². The Balaban J connectivity index is 2.15. The molecule has 1 aromatic carbocycles. The van der Waals surface area contributed by atoms with Crippen LogP contribution in [0.4, 0.5) is 13.2 Å². The topological polar surface area (TPSA) is 48.4 Å². The number of carbonyl (C=O) groups is 1. The number of carbonyl (C=O) groups excluding carboxylic acids is 1. The van der Waals surface area contributed by atoms with Gasteiger partial charge in [-0.2, -0.15) is 13.2 Å². The van der Waals surface area contributed by atoms with E-state index in [-0.39, 0.29) is 33.6 Å². The lowest BCUT2D eigenvalue weighted by Gasteiger charge is -2.45. The maximum Gasteiger partial charge on any atom is 0.417 e. The minimum Gasteiger partial charge on any atom is -0.410 e. The highest BCUT2D eigenvalue weighted by Crippen LogP contribution is 2.54. The van der Waals surface area contributed by atoms with Gasteiger partial charge in [-0.25, -0.2) is 0 Å². The standard InChI is InChI=1S/C33H46F3NO3Si/c1-20(39-7)30-28(23-16-21(19-38)14-15-24(23)33(34,35)36)27(22-12-10-11-13-22)29-25(37-30)17-32(5,6)18-26(29)40-41(8,9)31(2,3)4/h14-16,19-20,22,26H,10-13,17-18H2,1-9H3/t20?,26-/m0/s1. The van der Waals surface area contributed by atoms with Gasteiger partial charge >= 0.3 is 6.18 Å². The fourth-order valence-corrected chi connectivity index (χ4v) is 7.63. The van der Waals surface area contributed by atoms with Crippen LogP contribution in [0.3, 0.4) is 0 Å². The lowest BCUT2D eigenvalue weighted by molar-refractivity contribution is -0.137. The van der Waals surface area contributed by atoms with Crippen molar-refractivity contribution in [2.75, 3.05) is 7.11 Å². The smallest absolute Gasteiger partial charge is 0.410 e. The monoisotopic (exact) mass is 589 g/mol. The average molecular weight is 590 g/mol. The van der Waals surface area contributed by atoms with Crippen molar-refractivity contribution in [2.45, 2.75) is 123 Å². The van der Waals surface area contributed by atoms with Crippen molar-refractivity contribution in [3.05, 3.63) is 51.8 Å².